The lowest BCUT2D eigenvalue weighted by Crippen LogP contribution is -2.29. The molecule has 3 aromatic rings. The number of hydrogen-bond acceptors (Lipinski definition) is 3. The molecular weight excluding hydrogens is 302 g/mol. The molecule has 1 atom stereocenters. The van der Waals surface area contributed by atoms with Crippen molar-refractivity contribution < 1.29 is 4.79 Å². The Morgan fingerprint density at radius 3 is 2.59 bits per heavy atom. The molecule has 4 rings (SSSR count). The molecule has 0 spiro atoms. The average molecular weight is 312 g/mol. The Morgan fingerprint density at radius 2 is 1.77 bits per heavy atom. The molecule has 22 heavy (non-hydrogen) atoms. The smallest absolute Gasteiger partial charge is 0.289 e. The second kappa shape index (κ2) is 4.68. The highest BCUT2D eigenvalue weighted by atomic mass is 35.5. The van der Waals surface area contributed by atoms with Crippen molar-refractivity contribution in [1.29, 1.82) is 0 Å². The molecule has 0 saturated carbocycles. The second-order valence-corrected chi connectivity index (χ2v) is 5.43. The van der Waals surface area contributed by atoms with Crippen molar-refractivity contribution in [2.45, 2.75) is 6.17 Å². The molecule has 0 saturated heterocycles. The summed E-state index contributed by atoms with van der Waals surface area (Å²) in [5, 5.41) is 3.73. The standard InChI is InChI=1S/C16H10ClN3O2/c17-11-7-3-1-5-9(11)13-19-15(21)14-18-12-8-4-2-6-10(12)16(22)20(13)14/h1-8,13H,(H,19,21)/t13-/m1/s1. The lowest BCUT2D eigenvalue weighted by Gasteiger charge is -2.15. The summed E-state index contributed by atoms with van der Waals surface area (Å²) in [6, 6.07) is 14.1. The van der Waals surface area contributed by atoms with E-state index in [1.54, 1.807) is 42.5 Å². The molecule has 0 aliphatic carbocycles. The van der Waals surface area contributed by atoms with Gasteiger partial charge in [0.1, 0.15) is 6.17 Å². The van der Waals surface area contributed by atoms with Crippen molar-refractivity contribution in [2.75, 3.05) is 0 Å². The molecule has 108 valence electrons. The normalized spacial score (nSPS) is 16.6. The van der Waals surface area contributed by atoms with E-state index in [-0.39, 0.29) is 17.3 Å². The van der Waals surface area contributed by atoms with Gasteiger partial charge in [0.2, 0.25) is 5.82 Å². The quantitative estimate of drug-likeness (QED) is 0.750. The maximum Gasteiger partial charge on any atom is 0.289 e. The number of nitrogens with zero attached hydrogens (tertiary/aromatic N) is 2. The average Bonchev–Trinajstić information content (AvgIpc) is 2.85. The van der Waals surface area contributed by atoms with Crippen molar-refractivity contribution in [3.05, 3.63) is 75.3 Å². The largest absolute Gasteiger partial charge is 0.325 e. The van der Waals surface area contributed by atoms with E-state index in [0.29, 0.717) is 21.5 Å². The van der Waals surface area contributed by atoms with Gasteiger partial charge in [-0.25, -0.2) is 4.98 Å². The van der Waals surface area contributed by atoms with Crippen LogP contribution in [0.4, 0.5) is 0 Å². The van der Waals surface area contributed by atoms with Gasteiger partial charge in [-0.3, -0.25) is 14.2 Å². The van der Waals surface area contributed by atoms with E-state index in [9.17, 15) is 9.59 Å². The minimum Gasteiger partial charge on any atom is -0.325 e. The number of amides is 1. The van der Waals surface area contributed by atoms with Gasteiger partial charge in [0, 0.05) is 10.6 Å². The number of halogens is 1. The summed E-state index contributed by atoms with van der Waals surface area (Å²) in [6.45, 7) is 0. The molecule has 0 fully saturated rings. The number of rotatable bonds is 1. The number of benzene rings is 2. The lowest BCUT2D eigenvalue weighted by atomic mass is 10.1. The molecule has 0 radical (unpaired) electrons. The molecule has 1 aliphatic heterocycles. The fraction of sp³-hybridized carbons (Fsp3) is 0.0625. The predicted molar refractivity (Wildman–Crippen MR) is 83.1 cm³/mol. The van der Waals surface area contributed by atoms with Crippen LogP contribution in [-0.4, -0.2) is 15.5 Å². The zero-order chi connectivity index (χ0) is 15.3. The number of carbonyl (C=O) groups excluding carboxylic acids is 1. The zero-order valence-electron chi connectivity index (χ0n) is 11.3. The summed E-state index contributed by atoms with van der Waals surface area (Å²) < 4.78 is 1.37. The van der Waals surface area contributed by atoms with Crippen molar-refractivity contribution >= 4 is 28.4 Å². The molecule has 0 bridgehead atoms. The van der Waals surface area contributed by atoms with Crippen LogP contribution < -0.4 is 10.9 Å². The monoisotopic (exact) mass is 311 g/mol. The molecule has 1 aromatic heterocycles. The highest BCUT2D eigenvalue weighted by Crippen LogP contribution is 2.27. The number of para-hydroxylation sites is 1. The van der Waals surface area contributed by atoms with Gasteiger partial charge in [0.25, 0.3) is 11.5 Å². The van der Waals surface area contributed by atoms with Crippen LogP contribution in [0.5, 0.6) is 0 Å². The lowest BCUT2D eigenvalue weighted by molar-refractivity contribution is 0.0956. The summed E-state index contributed by atoms with van der Waals surface area (Å²) in [5.41, 5.74) is 0.910. The minimum absolute atomic E-state index is 0.105. The summed E-state index contributed by atoms with van der Waals surface area (Å²) in [5.74, 6) is -0.276. The van der Waals surface area contributed by atoms with Crippen LogP contribution in [0, 0.1) is 0 Å². The number of hydrogen-bond donors (Lipinski definition) is 1. The highest BCUT2D eigenvalue weighted by molar-refractivity contribution is 6.31. The van der Waals surface area contributed by atoms with Gasteiger partial charge in [-0.2, -0.15) is 0 Å². The fourth-order valence-corrected chi connectivity index (χ4v) is 2.95. The minimum atomic E-state index is -0.638. The first-order valence-electron chi connectivity index (χ1n) is 6.73. The summed E-state index contributed by atoms with van der Waals surface area (Å²) in [4.78, 5) is 29.2. The third-order valence-electron chi connectivity index (χ3n) is 3.74. The molecule has 6 heteroatoms. The summed E-state index contributed by atoms with van der Waals surface area (Å²) >= 11 is 6.20. The second-order valence-electron chi connectivity index (χ2n) is 5.03. The first-order chi connectivity index (χ1) is 10.7. The van der Waals surface area contributed by atoms with Gasteiger partial charge in [-0.15, -0.1) is 0 Å². The maximum atomic E-state index is 12.7. The predicted octanol–water partition coefficient (Wildman–Crippen LogP) is 2.34. The Bertz CT molecular complexity index is 981. The topological polar surface area (TPSA) is 64.0 Å². The Morgan fingerprint density at radius 1 is 1.05 bits per heavy atom. The van der Waals surface area contributed by atoms with Crippen molar-refractivity contribution in [3.63, 3.8) is 0 Å². The molecule has 2 heterocycles. The van der Waals surface area contributed by atoms with Crippen LogP contribution in [-0.2, 0) is 0 Å². The zero-order valence-corrected chi connectivity index (χ0v) is 12.0. The Labute approximate surface area is 130 Å². The van der Waals surface area contributed by atoms with E-state index in [1.165, 1.54) is 4.57 Å². The number of carbonyl (C=O) groups is 1. The highest BCUT2D eigenvalue weighted by Gasteiger charge is 2.33. The Kier molecular flexibility index (Phi) is 2.77. The molecule has 0 unspecified atom stereocenters. The van der Waals surface area contributed by atoms with Gasteiger partial charge in [0.15, 0.2) is 0 Å². The number of fused-ring (bicyclic) bond motifs is 2. The van der Waals surface area contributed by atoms with Crippen LogP contribution in [0.1, 0.15) is 22.3 Å². The van der Waals surface area contributed by atoms with Crippen LogP contribution >= 0.6 is 11.6 Å². The van der Waals surface area contributed by atoms with Crippen LogP contribution in [0.25, 0.3) is 10.9 Å². The summed E-state index contributed by atoms with van der Waals surface area (Å²) in [6.07, 6.45) is -0.638. The van der Waals surface area contributed by atoms with Gasteiger partial charge in [0.05, 0.1) is 10.9 Å². The van der Waals surface area contributed by atoms with Crippen LogP contribution in [0.15, 0.2) is 53.3 Å². The molecule has 2 aromatic carbocycles. The van der Waals surface area contributed by atoms with Crippen molar-refractivity contribution in [2.24, 2.45) is 0 Å². The number of aromatic nitrogens is 2. The Hall–Kier alpha value is -2.66. The third-order valence-corrected chi connectivity index (χ3v) is 4.08. The van der Waals surface area contributed by atoms with Gasteiger partial charge >= 0.3 is 0 Å². The van der Waals surface area contributed by atoms with E-state index in [1.807, 2.05) is 6.07 Å². The molecule has 1 aliphatic rings. The van der Waals surface area contributed by atoms with Gasteiger partial charge in [-0.05, 0) is 18.2 Å². The summed E-state index contributed by atoms with van der Waals surface area (Å²) in [7, 11) is 0. The SMILES string of the molecule is O=C1N[C@@H](c2ccccc2Cl)n2c1nc1ccccc1c2=O. The molecular formula is C16H10ClN3O2. The molecule has 1 N–H and O–H groups in total. The third kappa shape index (κ3) is 1.76. The van der Waals surface area contributed by atoms with Crippen molar-refractivity contribution in [1.82, 2.24) is 14.9 Å². The molecule has 5 nitrogen and oxygen atoms in total. The fourth-order valence-electron chi connectivity index (χ4n) is 2.71. The first-order valence-corrected chi connectivity index (χ1v) is 7.11. The van der Waals surface area contributed by atoms with E-state index >= 15 is 0 Å². The van der Waals surface area contributed by atoms with E-state index in [2.05, 4.69) is 10.3 Å². The van der Waals surface area contributed by atoms with E-state index in [0.717, 1.165) is 0 Å². The molecule has 1 amide bonds. The van der Waals surface area contributed by atoms with Gasteiger partial charge < -0.3 is 5.32 Å². The Balaban J connectivity index is 2.04. The maximum absolute atomic E-state index is 12.7. The van der Waals surface area contributed by atoms with E-state index in [4.69, 9.17) is 11.6 Å². The van der Waals surface area contributed by atoms with Crippen molar-refractivity contribution in [3.8, 4) is 0 Å². The van der Waals surface area contributed by atoms with Crippen LogP contribution in [0.3, 0.4) is 0 Å². The van der Waals surface area contributed by atoms with Gasteiger partial charge in [-0.1, -0.05) is 41.9 Å². The van der Waals surface area contributed by atoms with E-state index < -0.39 is 6.17 Å². The first kappa shape index (κ1) is 13.0. The van der Waals surface area contributed by atoms with Crippen LogP contribution in [0.2, 0.25) is 5.02 Å². The number of nitrogens with one attached hydrogen (secondary N) is 1.